The fraction of sp³-hybridized carbons (Fsp3) is 0.300. The van der Waals surface area contributed by atoms with Crippen LogP contribution >= 0.6 is 24.0 Å². The molecule has 1 aromatic carbocycles. The fourth-order valence-electron chi connectivity index (χ4n) is 1.04. The van der Waals surface area contributed by atoms with E-state index in [0.29, 0.717) is 18.7 Å². The second kappa shape index (κ2) is 7.44. The molecule has 0 spiro atoms. The van der Waals surface area contributed by atoms with E-state index in [0.717, 1.165) is 0 Å². The monoisotopic (exact) mass is 266 g/mol. The molecular weight excluding hydrogens is 254 g/mol. The Morgan fingerprint density at radius 3 is 2.69 bits per heavy atom. The number of hydrogen-bond donors (Lipinski definition) is 2. The van der Waals surface area contributed by atoms with E-state index in [-0.39, 0.29) is 23.3 Å². The van der Waals surface area contributed by atoms with Gasteiger partial charge in [0.1, 0.15) is 5.82 Å². The lowest BCUT2D eigenvalue weighted by Gasteiger charge is -2.05. The minimum Gasteiger partial charge on any atom is -0.351 e. The van der Waals surface area contributed by atoms with Crippen molar-refractivity contribution >= 4 is 29.9 Å². The minimum atomic E-state index is -0.525. The molecule has 1 amide bonds. The molecule has 0 aliphatic carbocycles. The van der Waals surface area contributed by atoms with Crippen molar-refractivity contribution in [3.05, 3.63) is 34.6 Å². The van der Waals surface area contributed by atoms with E-state index < -0.39 is 5.82 Å². The summed E-state index contributed by atoms with van der Waals surface area (Å²) in [6.07, 6.45) is 0. The highest BCUT2D eigenvalue weighted by Crippen LogP contribution is 2.15. The van der Waals surface area contributed by atoms with Crippen LogP contribution in [0.3, 0.4) is 0 Å². The van der Waals surface area contributed by atoms with Crippen molar-refractivity contribution in [2.45, 2.75) is 0 Å². The normalized spacial score (nSPS) is 9.44. The van der Waals surface area contributed by atoms with Crippen molar-refractivity contribution in [2.75, 3.05) is 20.1 Å². The average Bonchev–Trinajstić information content (AvgIpc) is 2.22. The van der Waals surface area contributed by atoms with Crippen LogP contribution in [0.4, 0.5) is 4.39 Å². The van der Waals surface area contributed by atoms with Crippen molar-refractivity contribution < 1.29 is 9.18 Å². The molecule has 0 aliphatic rings. The molecule has 0 heterocycles. The third-order valence-electron chi connectivity index (χ3n) is 1.84. The van der Waals surface area contributed by atoms with Gasteiger partial charge >= 0.3 is 0 Å². The number of hydrogen-bond acceptors (Lipinski definition) is 2. The predicted octanol–water partition coefficient (Wildman–Crippen LogP) is 1.85. The molecule has 16 heavy (non-hydrogen) atoms. The second-order valence-corrected chi connectivity index (χ2v) is 3.40. The third kappa shape index (κ3) is 4.35. The molecule has 6 heteroatoms. The van der Waals surface area contributed by atoms with Crippen LogP contribution in [0.25, 0.3) is 0 Å². The van der Waals surface area contributed by atoms with Gasteiger partial charge in [-0.15, -0.1) is 12.4 Å². The molecule has 90 valence electrons. The van der Waals surface area contributed by atoms with E-state index >= 15 is 0 Å². The first-order chi connectivity index (χ1) is 7.15. The quantitative estimate of drug-likeness (QED) is 0.817. The zero-order chi connectivity index (χ0) is 11.3. The summed E-state index contributed by atoms with van der Waals surface area (Å²) in [5.74, 6) is -0.782. The van der Waals surface area contributed by atoms with Gasteiger partial charge in [0.2, 0.25) is 0 Å². The molecule has 0 aliphatic heterocycles. The van der Waals surface area contributed by atoms with E-state index in [1.54, 1.807) is 7.05 Å². The van der Waals surface area contributed by atoms with Gasteiger partial charge in [-0.25, -0.2) is 4.39 Å². The summed E-state index contributed by atoms with van der Waals surface area (Å²) >= 11 is 5.55. The summed E-state index contributed by atoms with van der Waals surface area (Å²) < 4.78 is 12.8. The van der Waals surface area contributed by atoms with Crippen molar-refractivity contribution in [1.29, 1.82) is 0 Å². The summed E-state index contributed by atoms with van der Waals surface area (Å²) in [7, 11) is 1.79. The van der Waals surface area contributed by atoms with Gasteiger partial charge in [-0.3, -0.25) is 4.79 Å². The van der Waals surface area contributed by atoms with E-state index in [9.17, 15) is 9.18 Å². The van der Waals surface area contributed by atoms with Crippen LogP contribution in [0.1, 0.15) is 10.4 Å². The summed E-state index contributed by atoms with van der Waals surface area (Å²) in [6.45, 7) is 1.20. The highest BCUT2D eigenvalue weighted by molar-refractivity contribution is 6.31. The summed E-state index contributed by atoms with van der Waals surface area (Å²) in [5.41, 5.74) is 0.359. The Morgan fingerprint density at radius 1 is 1.44 bits per heavy atom. The molecule has 0 bridgehead atoms. The molecule has 1 rings (SSSR count). The molecule has 0 unspecified atom stereocenters. The Labute approximate surface area is 105 Å². The van der Waals surface area contributed by atoms with Crippen LogP contribution in [0.2, 0.25) is 5.02 Å². The van der Waals surface area contributed by atoms with Crippen LogP contribution in [0, 0.1) is 5.82 Å². The number of nitrogens with one attached hydrogen (secondary N) is 2. The van der Waals surface area contributed by atoms with Gasteiger partial charge in [0.15, 0.2) is 0 Å². The maximum Gasteiger partial charge on any atom is 0.251 e. The number of rotatable bonds is 4. The summed E-state index contributed by atoms with van der Waals surface area (Å²) in [5, 5.41) is 5.51. The highest BCUT2D eigenvalue weighted by atomic mass is 35.5. The van der Waals surface area contributed by atoms with Gasteiger partial charge in [0.25, 0.3) is 5.91 Å². The molecule has 0 radical (unpaired) electrons. The number of halogens is 3. The number of carbonyl (C=O) groups is 1. The fourth-order valence-corrected chi connectivity index (χ4v) is 1.22. The van der Waals surface area contributed by atoms with Gasteiger partial charge in [0.05, 0.1) is 5.02 Å². The zero-order valence-corrected chi connectivity index (χ0v) is 10.3. The van der Waals surface area contributed by atoms with E-state index in [2.05, 4.69) is 10.6 Å². The van der Waals surface area contributed by atoms with E-state index in [4.69, 9.17) is 11.6 Å². The maximum absolute atomic E-state index is 12.8. The van der Waals surface area contributed by atoms with Gasteiger partial charge in [-0.2, -0.15) is 0 Å². The molecule has 0 saturated carbocycles. The first-order valence-corrected chi connectivity index (χ1v) is 4.91. The van der Waals surface area contributed by atoms with Gasteiger partial charge in [-0.05, 0) is 25.2 Å². The van der Waals surface area contributed by atoms with Crippen molar-refractivity contribution in [3.8, 4) is 0 Å². The Bertz CT molecular complexity index is 361. The maximum atomic E-state index is 12.8. The lowest BCUT2D eigenvalue weighted by molar-refractivity contribution is 0.0954. The Morgan fingerprint density at radius 2 is 2.12 bits per heavy atom. The van der Waals surface area contributed by atoms with Crippen LogP contribution in [-0.4, -0.2) is 26.0 Å². The Hall–Kier alpha value is -0.840. The van der Waals surface area contributed by atoms with Gasteiger partial charge < -0.3 is 10.6 Å². The molecule has 1 aromatic rings. The van der Waals surface area contributed by atoms with Gasteiger partial charge in [0, 0.05) is 18.7 Å². The van der Waals surface area contributed by atoms with Crippen molar-refractivity contribution in [2.24, 2.45) is 0 Å². The van der Waals surface area contributed by atoms with Gasteiger partial charge in [-0.1, -0.05) is 11.6 Å². The molecule has 2 N–H and O–H groups in total. The topological polar surface area (TPSA) is 41.1 Å². The molecule has 0 atom stereocenters. The lowest BCUT2D eigenvalue weighted by atomic mass is 10.2. The zero-order valence-electron chi connectivity index (χ0n) is 8.72. The van der Waals surface area contributed by atoms with Crippen LogP contribution in [0.15, 0.2) is 18.2 Å². The smallest absolute Gasteiger partial charge is 0.251 e. The number of likely N-dealkylation sites (N-methyl/N-ethyl adjacent to an activating group) is 1. The molecular formula is C10H13Cl2FN2O. The number of benzene rings is 1. The summed E-state index contributed by atoms with van der Waals surface area (Å²) in [6, 6.07) is 3.89. The van der Waals surface area contributed by atoms with E-state index in [1.165, 1.54) is 18.2 Å². The predicted molar refractivity (Wildman–Crippen MR) is 64.9 cm³/mol. The Balaban J connectivity index is 0.00000225. The first kappa shape index (κ1) is 15.2. The molecule has 0 fully saturated rings. The summed E-state index contributed by atoms with van der Waals surface area (Å²) in [4.78, 5) is 11.5. The van der Waals surface area contributed by atoms with Crippen molar-refractivity contribution in [3.63, 3.8) is 0 Å². The first-order valence-electron chi connectivity index (χ1n) is 4.53. The molecule has 0 aromatic heterocycles. The highest BCUT2D eigenvalue weighted by Gasteiger charge is 2.07. The SMILES string of the molecule is CNCCNC(=O)c1ccc(F)c(Cl)c1.Cl. The average molecular weight is 267 g/mol. The number of amides is 1. The van der Waals surface area contributed by atoms with Crippen LogP contribution in [0.5, 0.6) is 0 Å². The minimum absolute atomic E-state index is 0. The molecule has 3 nitrogen and oxygen atoms in total. The molecule has 0 saturated heterocycles. The number of carbonyl (C=O) groups excluding carboxylic acids is 1. The van der Waals surface area contributed by atoms with Crippen LogP contribution < -0.4 is 10.6 Å². The van der Waals surface area contributed by atoms with Crippen LogP contribution in [-0.2, 0) is 0 Å². The van der Waals surface area contributed by atoms with Crippen molar-refractivity contribution in [1.82, 2.24) is 10.6 Å². The van der Waals surface area contributed by atoms with E-state index in [1.807, 2.05) is 0 Å². The Kier molecular flexibility index (Phi) is 7.05. The standard InChI is InChI=1S/C10H12ClFN2O.ClH/c1-13-4-5-14-10(15)7-2-3-9(12)8(11)6-7;/h2-3,6,13H,4-5H2,1H3,(H,14,15);1H. The largest absolute Gasteiger partial charge is 0.351 e. The third-order valence-corrected chi connectivity index (χ3v) is 2.13. The lowest BCUT2D eigenvalue weighted by Crippen LogP contribution is -2.30. The second-order valence-electron chi connectivity index (χ2n) is 2.99.